The van der Waals surface area contributed by atoms with Crippen molar-refractivity contribution >= 4 is 41.0 Å². The lowest BCUT2D eigenvalue weighted by Gasteiger charge is -2.09. The number of para-hydroxylation sites is 1. The summed E-state index contributed by atoms with van der Waals surface area (Å²) in [7, 11) is -13.5. The van der Waals surface area contributed by atoms with E-state index in [4.69, 9.17) is 9.79 Å². The van der Waals surface area contributed by atoms with Crippen molar-refractivity contribution in [2.45, 2.75) is 0 Å². The number of nitrogens with zero attached hydrogens (tertiary/aromatic N) is 2. The third-order valence-corrected chi connectivity index (χ3v) is 6.20. The van der Waals surface area contributed by atoms with Crippen molar-refractivity contribution in [3.8, 4) is 0 Å². The van der Waals surface area contributed by atoms with Gasteiger partial charge < -0.3 is 15.1 Å². The van der Waals surface area contributed by atoms with Crippen molar-refractivity contribution in [3.05, 3.63) is 54.6 Å². The number of nitrogens with one attached hydrogen (secondary N) is 1. The molecule has 0 amide bonds. The van der Waals surface area contributed by atoms with Crippen LogP contribution in [0.25, 0.3) is 0 Å². The molecule has 0 aliphatic carbocycles. The maximum atomic E-state index is 11.6. The van der Waals surface area contributed by atoms with Gasteiger partial charge in [0.05, 0.1) is 18.0 Å². The molecular formula is C14H17N3O9P3+. The largest absolute Gasteiger partial charge is 0.719 e. The summed E-state index contributed by atoms with van der Waals surface area (Å²) in [5.41, 5.74) is 1.74. The Kier molecular flexibility index (Phi) is 8.73. The molecule has 156 valence electrons. The van der Waals surface area contributed by atoms with Gasteiger partial charge in [-0.15, -0.1) is 5.11 Å². The molecule has 2 aromatic rings. The molecule has 0 aliphatic heterocycles. The Morgan fingerprint density at radius 2 is 1.59 bits per heavy atom. The summed E-state index contributed by atoms with van der Waals surface area (Å²) in [6, 6.07) is 16.0. The lowest BCUT2D eigenvalue weighted by Crippen LogP contribution is -2.08. The van der Waals surface area contributed by atoms with Gasteiger partial charge in [-0.2, -0.15) is 5.11 Å². The first-order valence-electron chi connectivity index (χ1n) is 7.84. The minimum Gasteiger partial charge on any atom is -0.381 e. The number of azo groups is 1. The van der Waals surface area contributed by atoms with Gasteiger partial charge in [0.15, 0.2) is 0 Å². The minimum atomic E-state index is -5.14. The average Bonchev–Trinajstić information content (AvgIpc) is 2.63. The van der Waals surface area contributed by atoms with E-state index in [1.807, 2.05) is 18.2 Å². The fourth-order valence-electron chi connectivity index (χ4n) is 1.87. The Labute approximate surface area is 166 Å². The molecule has 15 heteroatoms. The van der Waals surface area contributed by atoms with E-state index in [-0.39, 0.29) is 13.2 Å². The van der Waals surface area contributed by atoms with Crippen LogP contribution in [0.4, 0.5) is 17.1 Å². The van der Waals surface area contributed by atoms with Crippen LogP contribution in [0, 0.1) is 0 Å². The molecule has 0 radical (unpaired) electrons. The highest BCUT2D eigenvalue weighted by atomic mass is 31.3. The van der Waals surface area contributed by atoms with E-state index in [1.54, 1.807) is 36.4 Å². The molecule has 12 nitrogen and oxygen atoms in total. The van der Waals surface area contributed by atoms with E-state index >= 15 is 0 Å². The molecule has 0 saturated carbocycles. The number of anilines is 1. The molecule has 0 heterocycles. The van der Waals surface area contributed by atoms with Gasteiger partial charge in [0.1, 0.15) is 5.69 Å². The van der Waals surface area contributed by atoms with Crippen LogP contribution in [-0.2, 0) is 26.8 Å². The molecule has 2 aromatic carbocycles. The summed E-state index contributed by atoms with van der Waals surface area (Å²) < 4.78 is 45.4. The lowest BCUT2D eigenvalue weighted by atomic mass is 10.2. The van der Waals surface area contributed by atoms with Crippen LogP contribution in [0.5, 0.6) is 0 Å². The molecule has 0 spiro atoms. The Balaban J connectivity index is 1.86. The van der Waals surface area contributed by atoms with Gasteiger partial charge in [0.2, 0.25) is 0 Å². The van der Waals surface area contributed by atoms with Crippen molar-refractivity contribution in [1.29, 1.82) is 0 Å². The molecule has 0 aromatic heterocycles. The second-order valence-electron chi connectivity index (χ2n) is 5.16. The molecule has 0 saturated heterocycles. The monoisotopic (exact) mass is 464 g/mol. The van der Waals surface area contributed by atoms with Crippen LogP contribution in [0.2, 0.25) is 0 Å². The smallest absolute Gasteiger partial charge is 0.381 e. The summed E-state index contributed by atoms with van der Waals surface area (Å²) in [6.07, 6.45) is 0. The first-order chi connectivity index (χ1) is 13.6. The summed E-state index contributed by atoms with van der Waals surface area (Å²) in [5, 5.41) is 11.2. The first-order valence-corrected chi connectivity index (χ1v) is 12.0. The molecular weight excluding hydrogens is 447 g/mol. The highest BCUT2D eigenvalue weighted by Gasteiger charge is 2.43. The Morgan fingerprint density at radius 1 is 0.931 bits per heavy atom. The zero-order valence-corrected chi connectivity index (χ0v) is 17.3. The molecule has 2 atom stereocenters. The number of hydrogen-bond acceptors (Lipinski definition) is 9. The van der Waals surface area contributed by atoms with E-state index in [9.17, 15) is 18.6 Å². The van der Waals surface area contributed by atoms with Crippen molar-refractivity contribution in [2.24, 2.45) is 10.2 Å². The van der Waals surface area contributed by atoms with Crippen LogP contribution in [-0.4, -0.2) is 27.8 Å². The van der Waals surface area contributed by atoms with Crippen molar-refractivity contribution in [2.75, 3.05) is 18.5 Å². The molecule has 29 heavy (non-hydrogen) atoms. The van der Waals surface area contributed by atoms with Crippen LogP contribution >= 0.6 is 23.9 Å². The van der Waals surface area contributed by atoms with E-state index in [1.165, 1.54) is 0 Å². The third kappa shape index (κ3) is 9.47. The second kappa shape index (κ2) is 10.8. The standard InChI is InChI=1S/C14H16N3O9P3/c18-27(25-28(19,20)21)26-29(22,23)24-11-10-15-13-8-4-5-9-14(13)17-16-12-6-2-1-3-7-12/h1-9,15H,10-11H2,(H2-,19,20,21,22,23)/p+1. The molecule has 2 unspecified atom stereocenters. The molecule has 0 fully saturated rings. The third-order valence-electron chi connectivity index (χ3n) is 2.95. The topological polar surface area (TPSA) is 176 Å². The van der Waals surface area contributed by atoms with Gasteiger partial charge in [0, 0.05) is 11.1 Å². The van der Waals surface area contributed by atoms with Crippen molar-refractivity contribution in [1.82, 2.24) is 0 Å². The molecule has 4 N–H and O–H groups in total. The number of benzene rings is 2. The van der Waals surface area contributed by atoms with Gasteiger partial charge in [-0.25, -0.2) is 9.13 Å². The molecule has 0 bridgehead atoms. The van der Waals surface area contributed by atoms with Crippen LogP contribution in [0.15, 0.2) is 64.8 Å². The van der Waals surface area contributed by atoms with Gasteiger partial charge >= 0.3 is 23.9 Å². The highest BCUT2D eigenvalue weighted by Crippen LogP contribution is 2.57. The quantitative estimate of drug-likeness (QED) is 0.212. The normalized spacial score (nSPS) is 14.5. The van der Waals surface area contributed by atoms with Gasteiger partial charge in [-0.1, -0.05) is 30.3 Å². The predicted molar refractivity (Wildman–Crippen MR) is 103 cm³/mol. The Hall–Kier alpha value is -1.84. The fourth-order valence-corrected chi connectivity index (χ4v) is 4.14. The average molecular weight is 464 g/mol. The van der Waals surface area contributed by atoms with Crippen LogP contribution in [0.3, 0.4) is 0 Å². The van der Waals surface area contributed by atoms with E-state index in [2.05, 4.69) is 28.7 Å². The second-order valence-corrected chi connectivity index (χ2v) is 9.09. The summed E-state index contributed by atoms with van der Waals surface area (Å²) in [6.45, 7) is -0.334. The molecule has 0 aliphatic rings. The zero-order valence-electron chi connectivity index (χ0n) is 14.6. The van der Waals surface area contributed by atoms with Crippen LogP contribution in [0.1, 0.15) is 0 Å². The van der Waals surface area contributed by atoms with Gasteiger partial charge in [-0.05, 0) is 32.9 Å². The number of phosphoric acid groups is 2. The van der Waals surface area contributed by atoms with E-state index in [0.717, 1.165) is 0 Å². The summed E-state index contributed by atoms with van der Waals surface area (Å²) in [5.74, 6) is 0. The van der Waals surface area contributed by atoms with E-state index in [0.29, 0.717) is 17.1 Å². The molecule has 2 rings (SSSR count). The Bertz CT molecular complexity index is 952. The van der Waals surface area contributed by atoms with Crippen molar-refractivity contribution in [3.63, 3.8) is 0 Å². The number of phosphoric ester groups is 1. The Morgan fingerprint density at radius 3 is 2.28 bits per heavy atom. The first kappa shape index (κ1) is 23.4. The highest BCUT2D eigenvalue weighted by molar-refractivity contribution is 7.61. The van der Waals surface area contributed by atoms with E-state index < -0.39 is 23.9 Å². The maximum Gasteiger partial charge on any atom is 0.719 e. The fraction of sp³-hybridized carbons (Fsp3) is 0.143. The van der Waals surface area contributed by atoms with Crippen molar-refractivity contribution < 1.29 is 41.5 Å². The summed E-state index contributed by atoms with van der Waals surface area (Å²) in [4.78, 5) is 26.3. The van der Waals surface area contributed by atoms with Gasteiger partial charge in [-0.3, -0.25) is 9.42 Å². The lowest BCUT2D eigenvalue weighted by molar-refractivity contribution is 0.203. The number of rotatable bonds is 11. The van der Waals surface area contributed by atoms with Crippen LogP contribution < -0.4 is 5.32 Å². The number of hydrogen-bond donors (Lipinski definition) is 4. The summed E-state index contributed by atoms with van der Waals surface area (Å²) >= 11 is 0. The minimum absolute atomic E-state index is 0.0297. The zero-order chi connectivity index (χ0) is 21.3. The SMILES string of the molecule is O=[P+](OP(=O)(O)O)OP(=O)(O)OCCNc1ccccc1N=Nc1ccccc1. The van der Waals surface area contributed by atoms with Gasteiger partial charge in [0.25, 0.3) is 0 Å². The predicted octanol–water partition coefficient (Wildman–Crippen LogP) is 4.41. The maximum absolute atomic E-state index is 11.6.